The number of nitrogens with one attached hydrogen (secondary N) is 1. The summed E-state index contributed by atoms with van der Waals surface area (Å²) in [6.45, 7) is 5.96. The van der Waals surface area contributed by atoms with Crippen LogP contribution in [0.3, 0.4) is 0 Å². The summed E-state index contributed by atoms with van der Waals surface area (Å²) in [4.78, 5) is 0. The highest BCUT2D eigenvalue weighted by Crippen LogP contribution is 2.24. The molecule has 0 aliphatic rings. The Morgan fingerprint density at radius 1 is 1.56 bits per heavy atom. The Morgan fingerprint density at radius 3 is 2.62 bits per heavy atom. The van der Waals surface area contributed by atoms with Crippen LogP contribution in [0, 0.1) is 17.2 Å². The van der Waals surface area contributed by atoms with E-state index in [0.29, 0.717) is 13.2 Å². The Labute approximate surface area is 92.9 Å². The van der Waals surface area contributed by atoms with Crippen LogP contribution in [0.15, 0.2) is 12.2 Å². The molecule has 1 unspecified atom stereocenters. The van der Waals surface area contributed by atoms with E-state index in [2.05, 4.69) is 11.9 Å². The molecule has 92 valence electrons. The van der Waals surface area contributed by atoms with Crippen molar-refractivity contribution >= 4 is 0 Å². The molecule has 1 N–H and O–H groups in total. The van der Waals surface area contributed by atoms with Gasteiger partial charge in [-0.15, -0.1) is 0 Å². The third kappa shape index (κ3) is 7.26. The van der Waals surface area contributed by atoms with Crippen molar-refractivity contribution in [3.05, 3.63) is 12.2 Å². The minimum absolute atomic E-state index is 0.279. The Balaban J connectivity index is 3.58. The molecule has 0 heterocycles. The fourth-order valence-corrected chi connectivity index (χ4v) is 0.872. The molecule has 0 aliphatic carbocycles. The van der Waals surface area contributed by atoms with Crippen molar-refractivity contribution < 1.29 is 17.9 Å². The van der Waals surface area contributed by atoms with Gasteiger partial charge in [-0.3, -0.25) is 0 Å². The Hall–Kier alpha value is -1.06. The predicted molar refractivity (Wildman–Crippen MR) is 53.7 cm³/mol. The fraction of sp³-hybridized carbons (Fsp3) is 0.700. The second-order valence-electron chi connectivity index (χ2n) is 3.44. The summed E-state index contributed by atoms with van der Waals surface area (Å²) in [5.41, 5.74) is 0.852. The number of halogens is 3. The van der Waals surface area contributed by atoms with Gasteiger partial charge in [-0.05, 0) is 6.92 Å². The zero-order valence-electron chi connectivity index (χ0n) is 9.10. The lowest BCUT2D eigenvalue weighted by Gasteiger charge is -2.13. The average molecular weight is 236 g/mol. The molecule has 1 atom stereocenters. The average Bonchev–Trinajstić information content (AvgIpc) is 2.14. The summed E-state index contributed by atoms with van der Waals surface area (Å²) >= 11 is 0. The monoisotopic (exact) mass is 236 g/mol. The van der Waals surface area contributed by atoms with Crippen LogP contribution < -0.4 is 5.32 Å². The van der Waals surface area contributed by atoms with Crippen LogP contribution in [0.5, 0.6) is 0 Å². The van der Waals surface area contributed by atoms with Crippen LogP contribution in [0.25, 0.3) is 0 Å². The van der Waals surface area contributed by atoms with Crippen molar-refractivity contribution in [1.82, 2.24) is 5.32 Å². The maximum absolute atomic E-state index is 12.1. The lowest BCUT2D eigenvalue weighted by Crippen LogP contribution is -2.34. The number of nitrogens with zero attached hydrogens (tertiary/aromatic N) is 1. The topological polar surface area (TPSA) is 45.0 Å². The molecule has 0 aromatic heterocycles. The number of alkyl halides is 3. The largest absolute Gasteiger partial charge is 0.405 e. The number of ether oxygens (including phenoxy) is 1. The molecule has 0 fully saturated rings. The molecule has 16 heavy (non-hydrogen) atoms. The van der Waals surface area contributed by atoms with Crippen molar-refractivity contribution in [1.29, 1.82) is 5.26 Å². The van der Waals surface area contributed by atoms with Crippen molar-refractivity contribution in [2.75, 3.05) is 26.3 Å². The maximum Gasteiger partial charge on any atom is 0.405 e. The van der Waals surface area contributed by atoms with Crippen LogP contribution in [-0.4, -0.2) is 32.5 Å². The van der Waals surface area contributed by atoms with Gasteiger partial charge in [0.15, 0.2) is 5.92 Å². The summed E-state index contributed by atoms with van der Waals surface area (Å²) < 4.78 is 41.4. The lowest BCUT2D eigenvalue weighted by atomic mass is 10.1. The van der Waals surface area contributed by atoms with Gasteiger partial charge < -0.3 is 10.1 Å². The first-order valence-electron chi connectivity index (χ1n) is 4.77. The minimum atomic E-state index is -4.47. The molecular weight excluding hydrogens is 221 g/mol. The summed E-state index contributed by atoms with van der Waals surface area (Å²) in [6, 6.07) is 1.21. The van der Waals surface area contributed by atoms with E-state index in [-0.39, 0.29) is 6.54 Å². The van der Waals surface area contributed by atoms with E-state index in [1.807, 2.05) is 0 Å². The Bertz CT molecular complexity index is 258. The molecule has 0 rings (SSSR count). The molecule has 0 aliphatic heterocycles. The third-order valence-corrected chi connectivity index (χ3v) is 1.67. The molecule has 0 saturated carbocycles. The van der Waals surface area contributed by atoms with E-state index in [0.717, 1.165) is 5.57 Å². The second kappa shape index (κ2) is 7.25. The number of rotatable bonds is 7. The number of hydrogen-bond donors (Lipinski definition) is 1. The van der Waals surface area contributed by atoms with Gasteiger partial charge in [0.2, 0.25) is 0 Å². The van der Waals surface area contributed by atoms with Crippen molar-refractivity contribution in [3.8, 4) is 6.07 Å². The Morgan fingerprint density at radius 2 is 2.19 bits per heavy atom. The zero-order chi connectivity index (χ0) is 12.6. The predicted octanol–water partition coefficient (Wildman–Crippen LogP) is 1.87. The molecule has 0 aromatic rings. The summed E-state index contributed by atoms with van der Waals surface area (Å²) in [5, 5.41) is 10.8. The van der Waals surface area contributed by atoms with Gasteiger partial charge >= 0.3 is 6.18 Å². The summed E-state index contributed by atoms with van der Waals surface area (Å²) in [7, 11) is 0. The quantitative estimate of drug-likeness (QED) is 0.542. The third-order valence-electron chi connectivity index (χ3n) is 1.67. The first-order valence-corrected chi connectivity index (χ1v) is 4.77. The van der Waals surface area contributed by atoms with Gasteiger partial charge in [-0.2, -0.15) is 18.4 Å². The van der Waals surface area contributed by atoms with E-state index in [4.69, 9.17) is 10.00 Å². The molecule has 0 aromatic carbocycles. The van der Waals surface area contributed by atoms with Gasteiger partial charge in [0.1, 0.15) is 0 Å². The molecule has 3 nitrogen and oxygen atoms in total. The van der Waals surface area contributed by atoms with E-state index in [9.17, 15) is 13.2 Å². The highest BCUT2D eigenvalue weighted by atomic mass is 19.4. The van der Waals surface area contributed by atoms with Crippen LogP contribution in [0.1, 0.15) is 6.92 Å². The molecule has 0 saturated heterocycles. The highest BCUT2D eigenvalue weighted by molar-refractivity contribution is 4.90. The van der Waals surface area contributed by atoms with Crippen LogP contribution in [0.4, 0.5) is 13.2 Å². The minimum Gasteiger partial charge on any atom is -0.376 e. The number of nitriles is 1. The smallest absolute Gasteiger partial charge is 0.376 e. The van der Waals surface area contributed by atoms with E-state index >= 15 is 0 Å². The van der Waals surface area contributed by atoms with Crippen LogP contribution in [-0.2, 0) is 4.74 Å². The van der Waals surface area contributed by atoms with Crippen molar-refractivity contribution in [2.45, 2.75) is 13.1 Å². The molecule has 6 heteroatoms. The van der Waals surface area contributed by atoms with Gasteiger partial charge in [0, 0.05) is 13.1 Å². The molecule has 0 radical (unpaired) electrons. The van der Waals surface area contributed by atoms with Crippen LogP contribution >= 0.6 is 0 Å². The van der Waals surface area contributed by atoms with Crippen LogP contribution in [0.2, 0.25) is 0 Å². The van der Waals surface area contributed by atoms with Gasteiger partial charge in [0.05, 0.1) is 19.3 Å². The lowest BCUT2D eigenvalue weighted by molar-refractivity contribution is -0.157. The SMILES string of the molecule is C=C(C)COCCNCC(C#N)C(F)(F)F. The van der Waals surface area contributed by atoms with Crippen molar-refractivity contribution in [3.63, 3.8) is 0 Å². The summed E-state index contributed by atoms with van der Waals surface area (Å²) in [5.74, 6) is -1.96. The fourth-order valence-electron chi connectivity index (χ4n) is 0.872. The van der Waals surface area contributed by atoms with Gasteiger partial charge in [-0.1, -0.05) is 12.2 Å². The molecule has 0 bridgehead atoms. The highest BCUT2D eigenvalue weighted by Gasteiger charge is 2.39. The summed E-state index contributed by atoms with van der Waals surface area (Å²) in [6.07, 6.45) is -4.47. The Kier molecular flexibility index (Phi) is 6.77. The van der Waals surface area contributed by atoms with E-state index in [1.54, 1.807) is 6.92 Å². The van der Waals surface area contributed by atoms with Gasteiger partial charge in [-0.25, -0.2) is 0 Å². The standard InChI is InChI=1S/C10H15F3N2O/c1-8(2)7-16-4-3-15-6-9(5-14)10(11,12)13/h9,15H,1,3-4,6-7H2,2H3. The maximum atomic E-state index is 12.1. The van der Waals surface area contributed by atoms with Crippen molar-refractivity contribution in [2.24, 2.45) is 5.92 Å². The first kappa shape index (κ1) is 14.9. The zero-order valence-corrected chi connectivity index (χ0v) is 9.10. The second-order valence-corrected chi connectivity index (χ2v) is 3.44. The van der Waals surface area contributed by atoms with E-state index < -0.39 is 18.6 Å². The first-order chi connectivity index (χ1) is 7.38. The molecule has 0 amide bonds. The van der Waals surface area contributed by atoms with Gasteiger partial charge in [0.25, 0.3) is 0 Å². The number of hydrogen-bond acceptors (Lipinski definition) is 3. The normalized spacial score (nSPS) is 13.2. The molecular formula is C10H15F3N2O. The molecule has 0 spiro atoms. The van der Waals surface area contributed by atoms with E-state index in [1.165, 1.54) is 6.07 Å².